The average Bonchev–Trinajstić information content (AvgIpc) is 3.00. The second-order valence-corrected chi connectivity index (χ2v) is 15.1. The molecule has 2 fully saturated rings. The highest BCUT2D eigenvalue weighted by Crippen LogP contribution is 2.30. The molecule has 5 rings (SSSR count). The number of hydrogen-bond donors (Lipinski definition) is 2. The van der Waals surface area contributed by atoms with Gasteiger partial charge in [-0.15, -0.1) is 0 Å². The number of fused-ring (bicyclic) bond motifs is 3. The van der Waals surface area contributed by atoms with E-state index in [4.69, 9.17) is 18.9 Å². The molecule has 3 amide bonds. The van der Waals surface area contributed by atoms with Crippen molar-refractivity contribution in [3.05, 3.63) is 64.7 Å². The number of methoxy groups -OCH3 is 1. The topological polar surface area (TPSA) is 127 Å². The first-order valence-electron chi connectivity index (χ1n) is 15.1. The molecule has 0 aromatic heterocycles. The molecule has 3 atom stereocenters. The van der Waals surface area contributed by atoms with Gasteiger partial charge in [0.1, 0.15) is 11.4 Å². The molecule has 1 radical (unpaired) electrons. The van der Waals surface area contributed by atoms with E-state index in [2.05, 4.69) is 5.32 Å². The van der Waals surface area contributed by atoms with E-state index in [9.17, 15) is 19.5 Å². The second kappa shape index (κ2) is 13.7. The summed E-state index contributed by atoms with van der Waals surface area (Å²) in [6.45, 7) is 6.86. The third-order valence-electron chi connectivity index (χ3n) is 8.13. The Balaban J connectivity index is 1.24. The monoisotopic (exact) mass is 624 g/mol. The van der Waals surface area contributed by atoms with Gasteiger partial charge in [0.2, 0.25) is 8.96 Å². The molecule has 2 saturated heterocycles. The van der Waals surface area contributed by atoms with E-state index in [0.717, 1.165) is 30.4 Å². The quantitative estimate of drug-likeness (QED) is 0.339. The van der Waals surface area contributed by atoms with E-state index in [1.807, 2.05) is 23.1 Å². The van der Waals surface area contributed by atoms with Gasteiger partial charge in [0.05, 0.1) is 31.0 Å². The van der Waals surface area contributed by atoms with Gasteiger partial charge < -0.3 is 38.8 Å². The lowest BCUT2D eigenvalue weighted by molar-refractivity contribution is -0.0565. The first-order valence-corrected chi connectivity index (χ1v) is 16.8. The van der Waals surface area contributed by atoms with E-state index < -0.39 is 26.4 Å². The van der Waals surface area contributed by atoms with Crippen molar-refractivity contribution in [1.82, 2.24) is 14.8 Å². The Bertz CT molecular complexity index is 1330. The molecule has 2 N–H and O–H groups in total. The van der Waals surface area contributed by atoms with Crippen LogP contribution in [0.4, 0.5) is 4.79 Å². The van der Waals surface area contributed by atoms with Crippen molar-refractivity contribution in [2.75, 3.05) is 33.7 Å². The molecule has 11 nitrogen and oxygen atoms in total. The molecule has 3 aliphatic heterocycles. The molecule has 3 heterocycles. The van der Waals surface area contributed by atoms with Gasteiger partial charge in [-0.05, 0) is 93.6 Å². The van der Waals surface area contributed by atoms with Crippen LogP contribution >= 0.6 is 0 Å². The summed E-state index contributed by atoms with van der Waals surface area (Å²) in [6, 6.07) is 12.9. The number of ether oxygens (including phenoxy) is 4. The summed E-state index contributed by atoms with van der Waals surface area (Å²) >= 11 is 0. The zero-order valence-corrected chi connectivity index (χ0v) is 26.8. The molecule has 0 saturated carbocycles. The fourth-order valence-electron chi connectivity index (χ4n) is 5.98. The number of carbonyl (C=O) groups is 3. The van der Waals surface area contributed by atoms with Crippen LogP contribution in [0.2, 0.25) is 0 Å². The van der Waals surface area contributed by atoms with Gasteiger partial charge in [-0.2, -0.15) is 0 Å². The van der Waals surface area contributed by atoms with Crippen molar-refractivity contribution in [3.63, 3.8) is 0 Å². The molecule has 2 aromatic rings. The number of aliphatic hydroxyl groups is 1. The molecule has 0 spiro atoms. The number of nitrogens with one attached hydrogen (secondary N) is 1. The maximum absolute atomic E-state index is 13.3. The average molecular weight is 625 g/mol. The molecule has 0 aliphatic carbocycles. The van der Waals surface area contributed by atoms with Gasteiger partial charge in [0.15, 0.2) is 6.79 Å². The van der Waals surface area contributed by atoms with E-state index in [0.29, 0.717) is 36.1 Å². The molecule has 44 heavy (non-hydrogen) atoms. The zero-order chi connectivity index (χ0) is 31.4. The summed E-state index contributed by atoms with van der Waals surface area (Å²) in [6.07, 6.45) is 2.48. The van der Waals surface area contributed by atoms with Gasteiger partial charge in [0, 0.05) is 31.3 Å². The lowest BCUT2D eigenvalue weighted by atomic mass is 9.93. The lowest BCUT2D eigenvalue weighted by Gasteiger charge is -2.45. The Kier molecular flexibility index (Phi) is 9.93. The summed E-state index contributed by atoms with van der Waals surface area (Å²) in [4.78, 5) is 41.6. The summed E-state index contributed by atoms with van der Waals surface area (Å²) < 4.78 is 23.5. The van der Waals surface area contributed by atoms with E-state index in [1.54, 1.807) is 56.7 Å². The van der Waals surface area contributed by atoms with Crippen LogP contribution in [0.5, 0.6) is 5.75 Å². The minimum absolute atomic E-state index is 0.0331. The Morgan fingerprint density at radius 1 is 1.05 bits per heavy atom. The third kappa shape index (κ3) is 7.43. The Labute approximate surface area is 260 Å². The highest BCUT2D eigenvalue weighted by atomic mass is 28.3. The second-order valence-electron chi connectivity index (χ2n) is 12.5. The Morgan fingerprint density at radius 3 is 2.39 bits per heavy atom. The third-order valence-corrected chi connectivity index (χ3v) is 10.9. The normalized spacial score (nSPS) is 20.8. The van der Waals surface area contributed by atoms with Crippen LogP contribution in [0, 0.1) is 0 Å². The van der Waals surface area contributed by atoms with Crippen LogP contribution in [0.15, 0.2) is 42.5 Å². The predicted molar refractivity (Wildman–Crippen MR) is 163 cm³/mol. The molecule has 2 unspecified atom stereocenters. The number of benzene rings is 2. The van der Waals surface area contributed by atoms with Gasteiger partial charge in [-0.25, -0.2) is 4.79 Å². The fraction of sp³-hybridized carbons (Fsp3) is 0.531. The highest BCUT2D eigenvalue weighted by Gasteiger charge is 2.40. The molecular formula is C32H42N3O8Si. The maximum atomic E-state index is 13.3. The van der Waals surface area contributed by atoms with Crippen molar-refractivity contribution in [3.8, 4) is 5.75 Å². The molecule has 2 bridgehead atoms. The number of nitrogens with zero attached hydrogens (tertiary/aromatic N) is 2. The zero-order valence-electron chi connectivity index (χ0n) is 25.8. The van der Waals surface area contributed by atoms with Crippen LogP contribution in [-0.4, -0.2) is 98.5 Å². The number of hydrogen-bond acceptors (Lipinski definition) is 8. The lowest BCUT2D eigenvalue weighted by Crippen LogP contribution is -2.58. The summed E-state index contributed by atoms with van der Waals surface area (Å²) in [5, 5.41) is 14.1. The number of rotatable bonds is 8. The Morgan fingerprint density at radius 2 is 1.73 bits per heavy atom. The molecule has 3 aliphatic rings. The number of aliphatic hydroxyl groups excluding tert-OH is 1. The Hall–Kier alpha value is -3.45. The number of morpholine rings is 1. The van der Waals surface area contributed by atoms with Crippen molar-refractivity contribution < 1.29 is 38.4 Å². The van der Waals surface area contributed by atoms with Gasteiger partial charge in [0.25, 0.3) is 11.8 Å². The SMILES string of the molecule is COCOc1ccc2c(c1)CN(C(=O)OC(C)(C)C)[Si]([C@H](O)CNC(=O)c1ccc(C(=O)N3C4CCCC3COC4)cc1)C2. The minimum Gasteiger partial charge on any atom is -0.468 e. The molecular weight excluding hydrogens is 582 g/mol. The van der Waals surface area contributed by atoms with Crippen molar-refractivity contribution in [2.45, 2.75) is 76.0 Å². The van der Waals surface area contributed by atoms with Crippen molar-refractivity contribution in [1.29, 1.82) is 0 Å². The number of amides is 3. The van der Waals surface area contributed by atoms with Gasteiger partial charge in [-0.3, -0.25) is 9.59 Å². The van der Waals surface area contributed by atoms with Crippen molar-refractivity contribution in [2.24, 2.45) is 0 Å². The fourth-order valence-corrected chi connectivity index (χ4v) is 8.50. The first kappa shape index (κ1) is 32.0. The van der Waals surface area contributed by atoms with Crippen molar-refractivity contribution >= 4 is 26.9 Å². The summed E-state index contributed by atoms with van der Waals surface area (Å²) in [5.74, 6) is 0.222. The minimum atomic E-state index is -1.92. The van der Waals surface area contributed by atoms with Crippen LogP contribution in [0.1, 0.15) is 71.9 Å². The number of carbonyl (C=O) groups excluding carboxylic acids is 3. The predicted octanol–water partition coefficient (Wildman–Crippen LogP) is 3.22. The standard InChI is InChI=1S/C32H42N3O8Si/c1-32(2,3)43-31(39)34-16-24-14-27(42-20-40-4)13-12-23(24)19-44(34)28(36)15-33-29(37)21-8-10-22(11-9-21)30(38)35-25-6-5-7-26(35)18-41-17-25/h8-14,25-26,28,36H,5-7,15-20H2,1-4H3,(H,33,37)/t25?,26?,28-/m0/s1. The molecule has 237 valence electrons. The summed E-state index contributed by atoms with van der Waals surface area (Å²) in [7, 11) is -0.371. The molecule has 12 heteroatoms. The van der Waals surface area contributed by atoms with E-state index in [-0.39, 0.29) is 43.8 Å². The van der Waals surface area contributed by atoms with Crippen LogP contribution in [0.25, 0.3) is 0 Å². The summed E-state index contributed by atoms with van der Waals surface area (Å²) in [5.41, 5.74) is 1.17. The molecule has 2 aromatic carbocycles. The van der Waals surface area contributed by atoms with Crippen LogP contribution in [-0.2, 0) is 26.8 Å². The van der Waals surface area contributed by atoms with Crippen LogP contribution < -0.4 is 10.1 Å². The smallest absolute Gasteiger partial charge is 0.402 e. The van der Waals surface area contributed by atoms with Gasteiger partial charge in [-0.1, -0.05) is 6.07 Å². The maximum Gasteiger partial charge on any atom is 0.402 e. The van der Waals surface area contributed by atoms with Gasteiger partial charge >= 0.3 is 6.09 Å². The highest BCUT2D eigenvalue weighted by molar-refractivity contribution is 6.59. The first-order chi connectivity index (χ1) is 21.0. The number of piperidine rings is 1. The largest absolute Gasteiger partial charge is 0.468 e. The van der Waals surface area contributed by atoms with Crippen LogP contribution in [0.3, 0.4) is 0 Å². The van der Waals surface area contributed by atoms with E-state index in [1.165, 1.54) is 0 Å². The van der Waals surface area contributed by atoms with E-state index >= 15 is 0 Å².